The highest BCUT2D eigenvalue weighted by Crippen LogP contribution is 2.35. The Bertz CT molecular complexity index is 389. The molecule has 0 unspecified atom stereocenters. The minimum absolute atomic E-state index is 0.171. The monoisotopic (exact) mass is 204 g/mol. The Morgan fingerprint density at radius 2 is 2.27 bits per heavy atom. The Morgan fingerprint density at radius 1 is 1.33 bits per heavy atom. The molecule has 0 radical (unpaired) electrons. The average Bonchev–Trinajstić information content (AvgIpc) is 2.57. The van der Waals surface area contributed by atoms with Crippen molar-refractivity contribution < 1.29 is 5.11 Å². The average molecular weight is 204 g/mol. The van der Waals surface area contributed by atoms with Crippen LogP contribution in [-0.2, 0) is 19.6 Å². The lowest BCUT2D eigenvalue weighted by molar-refractivity contribution is 0.281. The fourth-order valence-corrected chi connectivity index (χ4v) is 2.71. The van der Waals surface area contributed by atoms with Crippen molar-refractivity contribution in [3.63, 3.8) is 0 Å². The third-order valence-corrected chi connectivity index (χ3v) is 3.46. The number of hydrogen-bond acceptors (Lipinski definition) is 3. The molecule has 2 aliphatic heterocycles. The van der Waals surface area contributed by atoms with E-state index in [0.29, 0.717) is 0 Å². The molecule has 2 N–H and O–H groups in total. The summed E-state index contributed by atoms with van der Waals surface area (Å²) >= 11 is 0. The van der Waals surface area contributed by atoms with Crippen molar-refractivity contribution in [2.45, 2.75) is 19.6 Å². The number of nitrogens with one attached hydrogen (secondary N) is 1. The second-order valence-electron chi connectivity index (χ2n) is 4.28. The number of nitrogens with zero attached hydrogens (tertiary/aromatic N) is 1. The van der Waals surface area contributed by atoms with Crippen molar-refractivity contribution in [2.24, 2.45) is 0 Å². The van der Waals surface area contributed by atoms with Crippen molar-refractivity contribution in [3.8, 4) is 0 Å². The van der Waals surface area contributed by atoms with Gasteiger partial charge in [-0.2, -0.15) is 0 Å². The van der Waals surface area contributed by atoms with E-state index in [1.54, 1.807) is 0 Å². The number of rotatable bonds is 1. The summed E-state index contributed by atoms with van der Waals surface area (Å²) in [7, 11) is 0. The van der Waals surface area contributed by atoms with Gasteiger partial charge in [-0.1, -0.05) is 12.1 Å². The van der Waals surface area contributed by atoms with Crippen LogP contribution in [0.3, 0.4) is 0 Å². The van der Waals surface area contributed by atoms with Crippen molar-refractivity contribution in [1.29, 1.82) is 0 Å². The van der Waals surface area contributed by atoms with Crippen LogP contribution in [0, 0.1) is 0 Å². The molecule has 15 heavy (non-hydrogen) atoms. The molecule has 0 bridgehead atoms. The van der Waals surface area contributed by atoms with Gasteiger partial charge >= 0.3 is 0 Å². The van der Waals surface area contributed by atoms with Crippen LogP contribution in [0.2, 0.25) is 0 Å². The van der Waals surface area contributed by atoms with Crippen molar-refractivity contribution >= 4 is 5.69 Å². The summed E-state index contributed by atoms with van der Waals surface area (Å²) in [4.78, 5) is 2.45. The maximum Gasteiger partial charge on any atom is 0.0685 e. The van der Waals surface area contributed by atoms with E-state index in [-0.39, 0.29) is 6.61 Å². The fraction of sp³-hybridized carbons (Fsp3) is 0.500. The molecule has 3 heteroatoms. The fourth-order valence-electron chi connectivity index (χ4n) is 2.71. The quantitative estimate of drug-likeness (QED) is 0.705. The molecule has 2 heterocycles. The molecule has 2 aliphatic rings. The van der Waals surface area contributed by atoms with E-state index in [2.05, 4.69) is 22.3 Å². The molecule has 3 rings (SSSR count). The standard InChI is InChI=1S/C12H16N2O/c15-8-10-2-1-9-7-13-4-6-14-5-3-11(10)12(9)14/h1-2,13,15H,3-8H2. The van der Waals surface area contributed by atoms with Crippen LogP contribution < -0.4 is 10.2 Å². The number of aliphatic hydroxyl groups excluding tert-OH is 1. The van der Waals surface area contributed by atoms with E-state index in [1.165, 1.54) is 16.8 Å². The number of anilines is 1. The van der Waals surface area contributed by atoms with Crippen molar-refractivity contribution in [1.82, 2.24) is 5.32 Å². The van der Waals surface area contributed by atoms with Crippen LogP contribution >= 0.6 is 0 Å². The first kappa shape index (κ1) is 9.19. The summed E-state index contributed by atoms with van der Waals surface area (Å²) < 4.78 is 0. The van der Waals surface area contributed by atoms with Gasteiger partial charge in [0.1, 0.15) is 0 Å². The molecule has 1 aromatic carbocycles. The van der Waals surface area contributed by atoms with Gasteiger partial charge in [-0.15, -0.1) is 0 Å². The molecular weight excluding hydrogens is 188 g/mol. The molecule has 0 spiro atoms. The smallest absolute Gasteiger partial charge is 0.0685 e. The zero-order valence-corrected chi connectivity index (χ0v) is 8.79. The summed E-state index contributed by atoms with van der Waals surface area (Å²) in [5, 5.41) is 12.7. The number of aliphatic hydroxyl groups is 1. The Morgan fingerprint density at radius 3 is 3.13 bits per heavy atom. The zero-order chi connectivity index (χ0) is 10.3. The minimum atomic E-state index is 0.171. The third-order valence-electron chi connectivity index (χ3n) is 3.46. The topological polar surface area (TPSA) is 35.5 Å². The summed E-state index contributed by atoms with van der Waals surface area (Å²) in [6.07, 6.45) is 1.10. The van der Waals surface area contributed by atoms with Crippen LogP contribution in [-0.4, -0.2) is 24.7 Å². The summed E-state index contributed by atoms with van der Waals surface area (Å²) in [6.45, 7) is 4.40. The Hall–Kier alpha value is -1.06. The second kappa shape index (κ2) is 3.51. The zero-order valence-electron chi connectivity index (χ0n) is 8.79. The first-order valence-corrected chi connectivity index (χ1v) is 5.60. The van der Waals surface area contributed by atoms with Gasteiger partial charge in [0.05, 0.1) is 6.61 Å². The van der Waals surface area contributed by atoms with E-state index < -0.39 is 0 Å². The van der Waals surface area contributed by atoms with Crippen LogP contribution in [0.25, 0.3) is 0 Å². The van der Waals surface area contributed by atoms with Crippen molar-refractivity contribution in [2.75, 3.05) is 24.5 Å². The van der Waals surface area contributed by atoms with Crippen LogP contribution in [0.1, 0.15) is 16.7 Å². The van der Waals surface area contributed by atoms with E-state index >= 15 is 0 Å². The Labute approximate surface area is 89.7 Å². The number of hydrogen-bond donors (Lipinski definition) is 2. The number of benzene rings is 1. The lowest BCUT2D eigenvalue weighted by atomic mass is 10.0. The molecule has 1 aromatic rings. The normalized spacial score (nSPS) is 18.9. The maximum absolute atomic E-state index is 9.31. The summed E-state index contributed by atoms with van der Waals surface area (Å²) in [6, 6.07) is 4.23. The minimum Gasteiger partial charge on any atom is -0.392 e. The predicted octanol–water partition coefficient (Wildman–Crippen LogP) is 0.645. The lowest BCUT2D eigenvalue weighted by Gasteiger charge is -2.18. The molecule has 0 saturated carbocycles. The molecule has 80 valence electrons. The van der Waals surface area contributed by atoms with E-state index in [4.69, 9.17) is 0 Å². The van der Waals surface area contributed by atoms with Crippen LogP contribution in [0.15, 0.2) is 12.1 Å². The van der Waals surface area contributed by atoms with Gasteiger partial charge in [-0.25, -0.2) is 0 Å². The molecular formula is C12H16N2O. The highest BCUT2D eigenvalue weighted by atomic mass is 16.3. The van der Waals surface area contributed by atoms with Crippen LogP contribution in [0.5, 0.6) is 0 Å². The lowest BCUT2D eigenvalue weighted by Crippen LogP contribution is -2.27. The van der Waals surface area contributed by atoms with Gasteiger partial charge in [0.25, 0.3) is 0 Å². The van der Waals surface area contributed by atoms with E-state index in [1.807, 2.05) is 0 Å². The molecule has 0 aromatic heterocycles. The SMILES string of the molecule is OCc1ccc2c3c1CCN3CCNC2. The predicted molar refractivity (Wildman–Crippen MR) is 60.0 cm³/mol. The Balaban J connectivity index is 2.16. The first-order chi connectivity index (χ1) is 7.40. The first-order valence-electron chi connectivity index (χ1n) is 5.60. The molecule has 3 nitrogen and oxygen atoms in total. The molecule has 0 aliphatic carbocycles. The van der Waals surface area contributed by atoms with Gasteiger partial charge in [-0.3, -0.25) is 0 Å². The van der Waals surface area contributed by atoms with E-state index in [0.717, 1.165) is 38.2 Å². The van der Waals surface area contributed by atoms with Crippen molar-refractivity contribution in [3.05, 3.63) is 28.8 Å². The molecule has 0 amide bonds. The molecule has 0 saturated heterocycles. The van der Waals surface area contributed by atoms with Crippen LogP contribution in [0.4, 0.5) is 5.69 Å². The largest absolute Gasteiger partial charge is 0.392 e. The van der Waals surface area contributed by atoms with Gasteiger partial charge in [-0.05, 0) is 23.1 Å². The summed E-state index contributed by atoms with van der Waals surface area (Å²) in [5.74, 6) is 0. The molecule has 0 atom stereocenters. The van der Waals surface area contributed by atoms with Gasteiger partial charge in [0.15, 0.2) is 0 Å². The highest BCUT2D eigenvalue weighted by molar-refractivity contribution is 5.66. The van der Waals surface area contributed by atoms with E-state index in [9.17, 15) is 5.11 Å². The third kappa shape index (κ3) is 1.34. The highest BCUT2D eigenvalue weighted by Gasteiger charge is 2.25. The maximum atomic E-state index is 9.31. The van der Waals surface area contributed by atoms with Gasteiger partial charge in [0.2, 0.25) is 0 Å². The second-order valence-corrected chi connectivity index (χ2v) is 4.28. The van der Waals surface area contributed by atoms with Gasteiger partial charge < -0.3 is 15.3 Å². The summed E-state index contributed by atoms with van der Waals surface area (Å²) in [5.41, 5.74) is 5.26. The Kier molecular flexibility index (Phi) is 2.15. The molecule has 0 fully saturated rings. The van der Waals surface area contributed by atoms with Gasteiger partial charge in [0, 0.05) is 31.9 Å².